The van der Waals surface area contributed by atoms with E-state index in [0.717, 1.165) is 17.3 Å². The third-order valence-electron chi connectivity index (χ3n) is 2.82. The Morgan fingerprint density at radius 1 is 1.10 bits per heavy atom. The quantitative estimate of drug-likeness (QED) is 0.740. The van der Waals surface area contributed by atoms with Gasteiger partial charge in [-0.05, 0) is 29.5 Å². The first kappa shape index (κ1) is 12.7. The summed E-state index contributed by atoms with van der Waals surface area (Å²) < 4.78 is 5.56. The number of benzene rings is 2. The molecular weight excluding hydrogens is 274 g/mol. The van der Waals surface area contributed by atoms with Gasteiger partial charge < -0.3 is 9.52 Å². The van der Waals surface area contributed by atoms with Crippen LogP contribution in [-0.4, -0.2) is 16.1 Å². The molecule has 0 aliphatic carbocycles. The van der Waals surface area contributed by atoms with Crippen LogP contribution >= 0.6 is 11.8 Å². The molecule has 0 bridgehead atoms. The van der Waals surface area contributed by atoms with E-state index in [1.54, 1.807) is 12.1 Å². The molecule has 0 spiro atoms. The lowest BCUT2D eigenvalue weighted by Gasteiger charge is -2.09. The van der Waals surface area contributed by atoms with Gasteiger partial charge in [-0.15, -0.1) is 0 Å². The lowest BCUT2D eigenvalue weighted by atomic mass is 10.1. The van der Waals surface area contributed by atoms with Gasteiger partial charge in [-0.1, -0.05) is 42.5 Å². The number of aliphatic carboxylic acids is 1. The highest BCUT2D eigenvalue weighted by molar-refractivity contribution is 8.00. The second-order valence-corrected chi connectivity index (χ2v) is 5.25. The lowest BCUT2D eigenvalue weighted by Crippen LogP contribution is -2.07. The Hall–Kier alpha value is -2.27. The second kappa shape index (κ2) is 5.38. The number of carboxylic acid groups (broad SMARTS) is 1. The molecule has 100 valence electrons. The third-order valence-corrected chi connectivity index (χ3v) is 3.91. The first-order valence-corrected chi connectivity index (χ1v) is 6.92. The molecule has 3 aromatic rings. The largest absolute Gasteiger partial charge is 0.480 e. The molecule has 5 heteroatoms. The van der Waals surface area contributed by atoms with Gasteiger partial charge in [0.05, 0.1) is 0 Å². The van der Waals surface area contributed by atoms with E-state index in [1.807, 2.05) is 42.5 Å². The minimum absolute atomic E-state index is 0.363. The van der Waals surface area contributed by atoms with Gasteiger partial charge in [0.2, 0.25) is 0 Å². The fraction of sp³-hybridized carbons (Fsp3) is 0.0667. The fourth-order valence-electron chi connectivity index (χ4n) is 1.89. The zero-order chi connectivity index (χ0) is 13.9. The molecule has 1 N–H and O–H groups in total. The van der Waals surface area contributed by atoms with Crippen LogP contribution in [-0.2, 0) is 4.79 Å². The van der Waals surface area contributed by atoms with E-state index in [0.29, 0.717) is 16.4 Å². The van der Waals surface area contributed by atoms with Crippen molar-refractivity contribution in [3.63, 3.8) is 0 Å². The van der Waals surface area contributed by atoms with E-state index in [1.165, 1.54) is 0 Å². The van der Waals surface area contributed by atoms with Crippen molar-refractivity contribution in [2.24, 2.45) is 0 Å². The maximum absolute atomic E-state index is 11.4. The predicted octanol–water partition coefficient (Wildman–Crippen LogP) is 3.75. The second-order valence-electron chi connectivity index (χ2n) is 4.19. The number of rotatable bonds is 4. The molecule has 1 aromatic heterocycles. The van der Waals surface area contributed by atoms with E-state index in [4.69, 9.17) is 4.42 Å². The minimum Gasteiger partial charge on any atom is -0.480 e. The van der Waals surface area contributed by atoms with Gasteiger partial charge in [-0.2, -0.15) is 0 Å². The summed E-state index contributed by atoms with van der Waals surface area (Å²) in [6.07, 6.45) is 0. The molecule has 3 rings (SSSR count). The Morgan fingerprint density at radius 3 is 2.50 bits per heavy atom. The molecule has 4 nitrogen and oxygen atoms in total. The minimum atomic E-state index is -0.913. The number of oxazole rings is 1. The van der Waals surface area contributed by atoms with E-state index < -0.39 is 11.2 Å². The van der Waals surface area contributed by atoms with Gasteiger partial charge in [0.1, 0.15) is 10.8 Å². The van der Waals surface area contributed by atoms with Crippen molar-refractivity contribution in [2.75, 3.05) is 0 Å². The molecule has 1 heterocycles. The van der Waals surface area contributed by atoms with Crippen LogP contribution in [0, 0.1) is 0 Å². The van der Waals surface area contributed by atoms with Crippen LogP contribution < -0.4 is 0 Å². The SMILES string of the molecule is O=C(O)C(Sc1nc2ccccc2o1)c1ccccc1. The number of hydrogen-bond donors (Lipinski definition) is 1. The van der Waals surface area contributed by atoms with Crippen molar-refractivity contribution in [1.82, 2.24) is 4.98 Å². The van der Waals surface area contributed by atoms with Crippen LogP contribution in [0.3, 0.4) is 0 Å². The Balaban J connectivity index is 1.92. The van der Waals surface area contributed by atoms with Gasteiger partial charge in [0.15, 0.2) is 5.58 Å². The van der Waals surface area contributed by atoms with Crippen molar-refractivity contribution in [3.05, 3.63) is 60.2 Å². The maximum atomic E-state index is 11.4. The highest BCUT2D eigenvalue weighted by Gasteiger charge is 2.23. The zero-order valence-electron chi connectivity index (χ0n) is 10.4. The molecule has 0 aliphatic rings. The predicted molar refractivity (Wildman–Crippen MR) is 76.7 cm³/mol. The average molecular weight is 285 g/mol. The lowest BCUT2D eigenvalue weighted by molar-refractivity contribution is -0.136. The number of thioether (sulfide) groups is 1. The van der Waals surface area contributed by atoms with E-state index >= 15 is 0 Å². The molecule has 1 atom stereocenters. The van der Waals surface area contributed by atoms with Crippen LogP contribution in [0.15, 0.2) is 64.2 Å². The number of hydrogen-bond acceptors (Lipinski definition) is 4. The number of carbonyl (C=O) groups is 1. The molecule has 0 aliphatic heterocycles. The molecule has 0 saturated carbocycles. The summed E-state index contributed by atoms with van der Waals surface area (Å²) in [6.45, 7) is 0. The topological polar surface area (TPSA) is 63.3 Å². The van der Waals surface area contributed by atoms with Crippen molar-refractivity contribution in [2.45, 2.75) is 10.5 Å². The number of aromatic nitrogens is 1. The smallest absolute Gasteiger partial charge is 0.321 e. The Bertz CT molecular complexity index is 706. The number of carboxylic acids is 1. The molecule has 0 saturated heterocycles. The molecule has 0 radical (unpaired) electrons. The highest BCUT2D eigenvalue weighted by Crippen LogP contribution is 2.36. The standard InChI is InChI=1S/C15H11NO3S/c17-14(18)13(10-6-2-1-3-7-10)20-15-16-11-8-4-5-9-12(11)19-15/h1-9,13H,(H,17,18). The van der Waals surface area contributed by atoms with E-state index in [-0.39, 0.29) is 0 Å². The average Bonchev–Trinajstić information content (AvgIpc) is 2.88. The summed E-state index contributed by atoms with van der Waals surface area (Å²) in [5, 5.41) is 9.00. The van der Waals surface area contributed by atoms with Crippen LogP contribution in [0.1, 0.15) is 10.8 Å². The van der Waals surface area contributed by atoms with Crippen molar-refractivity contribution in [1.29, 1.82) is 0 Å². The van der Waals surface area contributed by atoms with Crippen molar-refractivity contribution in [3.8, 4) is 0 Å². The first-order valence-electron chi connectivity index (χ1n) is 6.04. The van der Waals surface area contributed by atoms with Crippen LogP contribution in [0.2, 0.25) is 0 Å². The fourth-order valence-corrected chi connectivity index (χ4v) is 2.78. The maximum Gasteiger partial charge on any atom is 0.321 e. The monoisotopic (exact) mass is 285 g/mol. The molecule has 1 unspecified atom stereocenters. The van der Waals surface area contributed by atoms with E-state index in [9.17, 15) is 9.90 Å². The summed E-state index contributed by atoms with van der Waals surface area (Å²) >= 11 is 1.10. The van der Waals surface area contributed by atoms with Gasteiger partial charge in [0.25, 0.3) is 5.22 Å². The Kier molecular flexibility index (Phi) is 3.43. The summed E-state index contributed by atoms with van der Waals surface area (Å²) in [7, 11) is 0. The molecule has 0 amide bonds. The Morgan fingerprint density at radius 2 is 1.80 bits per heavy atom. The first-order chi connectivity index (χ1) is 9.74. The summed E-state index contributed by atoms with van der Waals surface area (Å²) in [5.74, 6) is -0.913. The number of nitrogens with zero attached hydrogens (tertiary/aromatic N) is 1. The van der Waals surface area contributed by atoms with Gasteiger partial charge >= 0.3 is 5.97 Å². The summed E-state index contributed by atoms with van der Waals surface area (Å²) in [5.41, 5.74) is 2.10. The van der Waals surface area contributed by atoms with Crippen LogP contribution in [0.25, 0.3) is 11.1 Å². The molecular formula is C15H11NO3S. The van der Waals surface area contributed by atoms with Crippen molar-refractivity contribution >= 4 is 28.8 Å². The van der Waals surface area contributed by atoms with Crippen LogP contribution in [0.4, 0.5) is 0 Å². The molecule has 2 aromatic carbocycles. The van der Waals surface area contributed by atoms with Gasteiger partial charge in [-0.3, -0.25) is 4.79 Å². The number of para-hydroxylation sites is 2. The highest BCUT2D eigenvalue weighted by atomic mass is 32.2. The third kappa shape index (κ3) is 2.53. The van der Waals surface area contributed by atoms with Crippen molar-refractivity contribution < 1.29 is 14.3 Å². The number of fused-ring (bicyclic) bond motifs is 1. The van der Waals surface area contributed by atoms with E-state index in [2.05, 4.69) is 4.98 Å². The molecule has 20 heavy (non-hydrogen) atoms. The van der Waals surface area contributed by atoms with Gasteiger partial charge in [0, 0.05) is 0 Å². The summed E-state index contributed by atoms with van der Waals surface area (Å²) in [4.78, 5) is 15.7. The summed E-state index contributed by atoms with van der Waals surface area (Å²) in [6, 6.07) is 16.4. The molecule has 0 fully saturated rings. The Labute approximate surface area is 119 Å². The van der Waals surface area contributed by atoms with Gasteiger partial charge in [-0.25, -0.2) is 4.98 Å². The van der Waals surface area contributed by atoms with Crippen LogP contribution in [0.5, 0.6) is 0 Å². The normalized spacial score (nSPS) is 12.4. The zero-order valence-corrected chi connectivity index (χ0v) is 11.2.